The van der Waals surface area contributed by atoms with Gasteiger partial charge in [0.2, 0.25) is 0 Å². The number of nitrogens with zero attached hydrogens (tertiary/aromatic N) is 1. The fourth-order valence-electron chi connectivity index (χ4n) is 2.96. The van der Waals surface area contributed by atoms with Crippen LogP contribution in [0.2, 0.25) is 0 Å². The number of ether oxygens (including phenoxy) is 1. The minimum Gasteiger partial charge on any atom is -0.445 e. The van der Waals surface area contributed by atoms with Crippen molar-refractivity contribution in [3.05, 3.63) is 48.0 Å². The number of benzene rings is 1. The third-order valence-electron chi connectivity index (χ3n) is 4.00. The number of carbonyl (C=O) groups is 2. The molecule has 1 unspecified atom stereocenters. The Balaban J connectivity index is 1.63. The standard InChI is InChI=1S/C16H17NO3/c18-10-14-8-13-6-7-15(14)17(9-13)16(19)20-11-12-4-2-1-3-5-12/h1-7,10,13-15H,8-9,11H2/t13?,14-,15+/m0/s1. The van der Waals surface area contributed by atoms with Gasteiger partial charge in [0, 0.05) is 12.5 Å². The van der Waals surface area contributed by atoms with E-state index in [4.69, 9.17) is 4.74 Å². The maximum absolute atomic E-state index is 12.2. The second-order valence-corrected chi connectivity index (χ2v) is 5.36. The van der Waals surface area contributed by atoms with Crippen LogP contribution in [0.15, 0.2) is 42.5 Å². The third kappa shape index (κ3) is 2.46. The second kappa shape index (κ2) is 5.49. The molecule has 20 heavy (non-hydrogen) atoms. The fraction of sp³-hybridized carbons (Fsp3) is 0.375. The third-order valence-corrected chi connectivity index (χ3v) is 4.00. The Morgan fingerprint density at radius 2 is 2.10 bits per heavy atom. The summed E-state index contributed by atoms with van der Waals surface area (Å²) in [7, 11) is 0. The predicted octanol–water partition coefficient (Wildman–Crippen LogP) is 2.40. The van der Waals surface area contributed by atoms with Crippen LogP contribution >= 0.6 is 0 Å². The lowest BCUT2D eigenvalue weighted by Crippen LogP contribution is -2.53. The van der Waals surface area contributed by atoms with E-state index in [1.54, 1.807) is 4.90 Å². The first-order valence-corrected chi connectivity index (χ1v) is 6.89. The SMILES string of the molecule is O=C[C@@H]1CC2C=C[C@H]1N(C(=O)OCc1ccccc1)C2. The van der Waals surface area contributed by atoms with Gasteiger partial charge >= 0.3 is 6.09 Å². The molecule has 0 radical (unpaired) electrons. The normalized spacial score (nSPS) is 27.4. The summed E-state index contributed by atoms with van der Waals surface area (Å²) in [6.45, 7) is 0.919. The number of amides is 1. The Kier molecular flexibility index (Phi) is 3.54. The van der Waals surface area contributed by atoms with Crippen LogP contribution in [0.3, 0.4) is 0 Å². The van der Waals surface area contributed by atoms with Crippen LogP contribution in [0.4, 0.5) is 4.79 Å². The van der Waals surface area contributed by atoms with Gasteiger partial charge in [-0.15, -0.1) is 0 Å². The molecule has 1 fully saturated rings. The van der Waals surface area contributed by atoms with Gasteiger partial charge in [-0.05, 0) is 17.9 Å². The summed E-state index contributed by atoms with van der Waals surface area (Å²) in [6.07, 6.45) is 5.52. The van der Waals surface area contributed by atoms with Crippen LogP contribution in [0, 0.1) is 11.8 Å². The van der Waals surface area contributed by atoms with E-state index in [0.717, 1.165) is 18.3 Å². The lowest BCUT2D eigenvalue weighted by atomic mass is 9.78. The lowest BCUT2D eigenvalue weighted by Gasteiger charge is -2.43. The molecule has 2 bridgehead atoms. The molecule has 3 atom stereocenters. The molecule has 0 saturated carbocycles. The molecule has 0 aromatic heterocycles. The molecule has 0 spiro atoms. The van der Waals surface area contributed by atoms with Gasteiger partial charge in [0.25, 0.3) is 0 Å². The average molecular weight is 271 g/mol. The maximum atomic E-state index is 12.2. The van der Waals surface area contributed by atoms with E-state index in [2.05, 4.69) is 6.08 Å². The summed E-state index contributed by atoms with van der Waals surface area (Å²) in [6, 6.07) is 9.46. The molecular weight excluding hydrogens is 254 g/mol. The van der Waals surface area contributed by atoms with Gasteiger partial charge in [-0.2, -0.15) is 0 Å². The highest BCUT2D eigenvalue weighted by atomic mass is 16.6. The topological polar surface area (TPSA) is 46.6 Å². The van der Waals surface area contributed by atoms with E-state index >= 15 is 0 Å². The Morgan fingerprint density at radius 1 is 1.30 bits per heavy atom. The Labute approximate surface area is 118 Å². The van der Waals surface area contributed by atoms with Crippen LogP contribution in [0.25, 0.3) is 0 Å². The minimum atomic E-state index is -0.334. The number of piperidine rings is 1. The highest BCUT2D eigenvalue weighted by molar-refractivity contribution is 5.71. The molecule has 0 N–H and O–H groups in total. The number of hydrogen-bond acceptors (Lipinski definition) is 3. The Bertz CT molecular complexity index is 526. The van der Waals surface area contributed by atoms with Crippen molar-refractivity contribution in [3.8, 4) is 0 Å². The van der Waals surface area contributed by atoms with Crippen LogP contribution < -0.4 is 0 Å². The molecule has 1 aliphatic carbocycles. The summed E-state index contributed by atoms with van der Waals surface area (Å²) in [5.74, 6) is 0.183. The first-order chi connectivity index (χ1) is 9.78. The van der Waals surface area contributed by atoms with Crippen LogP contribution in [0.5, 0.6) is 0 Å². The molecule has 4 heteroatoms. The molecule has 1 aromatic rings. The summed E-state index contributed by atoms with van der Waals surface area (Å²) < 4.78 is 5.35. The van der Waals surface area contributed by atoms with Crippen LogP contribution in [0.1, 0.15) is 12.0 Å². The van der Waals surface area contributed by atoms with Crippen molar-refractivity contribution in [2.45, 2.75) is 19.1 Å². The molecule has 104 valence electrons. The van der Waals surface area contributed by atoms with Gasteiger partial charge in [-0.3, -0.25) is 0 Å². The van der Waals surface area contributed by atoms with E-state index in [9.17, 15) is 9.59 Å². The summed E-state index contributed by atoms with van der Waals surface area (Å²) >= 11 is 0. The zero-order chi connectivity index (χ0) is 13.9. The van der Waals surface area contributed by atoms with Gasteiger partial charge in [0.15, 0.2) is 0 Å². The summed E-state index contributed by atoms with van der Waals surface area (Å²) in [4.78, 5) is 24.9. The first-order valence-electron chi connectivity index (χ1n) is 6.89. The average Bonchev–Trinajstić information content (AvgIpc) is 2.53. The number of hydrogen-bond donors (Lipinski definition) is 0. The molecule has 3 aliphatic rings. The van der Waals surface area contributed by atoms with Crippen molar-refractivity contribution in [2.24, 2.45) is 11.8 Å². The molecule has 4 rings (SSSR count). The maximum Gasteiger partial charge on any atom is 0.410 e. The lowest BCUT2D eigenvalue weighted by molar-refractivity contribution is -0.114. The first kappa shape index (κ1) is 12.9. The van der Waals surface area contributed by atoms with Crippen molar-refractivity contribution < 1.29 is 14.3 Å². The van der Waals surface area contributed by atoms with Gasteiger partial charge < -0.3 is 14.4 Å². The quantitative estimate of drug-likeness (QED) is 0.626. The molecule has 4 nitrogen and oxygen atoms in total. The van der Waals surface area contributed by atoms with Crippen molar-refractivity contribution in [1.29, 1.82) is 0 Å². The van der Waals surface area contributed by atoms with Gasteiger partial charge in [0.1, 0.15) is 12.9 Å². The zero-order valence-corrected chi connectivity index (χ0v) is 11.1. The second-order valence-electron chi connectivity index (χ2n) is 5.36. The van der Waals surface area contributed by atoms with E-state index in [0.29, 0.717) is 6.54 Å². The van der Waals surface area contributed by atoms with Crippen molar-refractivity contribution >= 4 is 12.4 Å². The molecule has 1 amide bonds. The number of carbonyl (C=O) groups excluding carboxylic acids is 2. The summed E-state index contributed by atoms with van der Waals surface area (Å²) in [5.41, 5.74) is 0.963. The van der Waals surface area contributed by atoms with Crippen LogP contribution in [-0.4, -0.2) is 29.9 Å². The fourth-order valence-corrected chi connectivity index (χ4v) is 2.96. The number of rotatable bonds is 3. The van der Waals surface area contributed by atoms with Gasteiger partial charge in [-0.1, -0.05) is 42.5 Å². The predicted molar refractivity (Wildman–Crippen MR) is 73.9 cm³/mol. The molecule has 2 heterocycles. The van der Waals surface area contributed by atoms with Gasteiger partial charge in [-0.25, -0.2) is 4.79 Å². The highest BCUT2D eigenvalue weighted by Crippen LogP contribution is 2.33. The monoisotopic (exact) mass is 271 g/mol. The van der Waals surface area contributed by atoms with Crippen LogP contribution in [-0.2, 0) is 16.1 Å². The number of aldehydes is 1. The smallest absolute Gasteiger partial charge is 0.410 e. The summed E-state index contributed by atoms with van der Waals surface area (Å²) in [5, 5.41) is 0. The zero-order valence-electron chi connectivity index (χ0n) is 11.1. The van der Waals surface area contributed by atoms with E-state index in [1.165, 1.54) is 0 Å². The molecule has 2 aliphatic heterocycles. The Morgan fingerprint density at radius 3 is 2.80 bits per heavy atom. The largest absolute Gasteiger partial charge is 0.445 e. The van der Waals surface area contributed by atoms with Crippen molar-refractivity contribution in [1.82, 2.24) is 4.90 Å². The van der Waals surface area contributed by atoms with E-state index in [-0.39, 0.29) is 30.6 Å². The minimum absolute atomic E-state index is 0.0944. The molecule has 1 saturated heterocycles. The van der Waals surface area contributed by atoms with Crippen molar-refractivity contribution in [2.75, 3.05) is 6.54 Å². The molecular formula is C16H17NO3. The molecule has 1 aromatic carbocycles. The van der Waals surface area contributed by atoms with Crippen molar-refractivity contribution in [3.63, 3.8) is 0 Å². The van der Waals surface area contributed by atoms with E-state index < -0.39 is 0 Å². The Hall–Kier alpha value is -2.10. The van der Waals surface area contributed by atoms with Gasteiger partial charge in [0.05, 0.1) is 6.04 Å². The van der Waals surface area contributed by atoms with E-state index in [1.807, 2.05) is 36.4 Å². The highest BCUT2D eigenvalue weighted by Gasteiger charge is 2.40. The number of fused-ring (bicyclic) bond motifs is 2.